The van der Waals surface area contributed by atoms with Gasteiger partial charge >= 0.3 is 11.9 Å². The van der Waals surface area contributed by atoms with Crippen LogP contribution in [0.25, 0.3) is 0 Å². The van der Waals surface area contributed by atoms with Crippen LogP contribution in [0, 0.1) is 5.92 Å². The molecular weight excluding hydrogens is 358 g/mol. The van der Waals surface area contributed by atoms with Crippen LogP contribution in [0.5, 0.6) is 0 Å². The monoisotopic (exact) mass is 390 g/mol. The van der Waals surface area contributed by atoms with E-state index in [2.05, 4.69) is 6.58 Å². The number of hydrogen-bond acceptors (Lipinski definition) is 5. The fraction of sp³-hybridized carbons (Fsp3) is 0.545. The van der Waals surface area contributed by atoms with Crippen LogP contribution >= 0.6 is 0 Å². The second-order valence-corrected chi connectivity index (χ2v) is 8.25. The van der Waals surface area contributed by atoms with E-state index in [1.807, 2.05) is 32.3 Å². The standard InChI is InChI=1S/C22H32NO5/c1-17(2)20(24)28-16-23(3,4)14-15-27-21(25)22(26,19-12-8-9-13-19)18-10-6-5-7-11-18/h5-7,10-11,19,26H,1,8-9,12-16H2,2-4H3/q+1. The van der Waals surface area contributed by atoms with E-state index < -0.39 is 17.5 Å². The fourth-order valence-corrected chi connectivity index (χ4v) is 3.47. The van der Waals surface area contributed by atoms with Gasteiger partial charge in [-0.2, -0.15) is 0 Å². The van der Waals surface area contributed by atoms with E-state index in [1.54, 1.807) is 19.1 Å². The van der Waals surface area contributed by atoms with Crippen LogP contribution in [-0.4, -0.2) is 55.5 Å². The molecule has 1 N–H and O–H groups in total. The molecule has 0 amide bonds. The number of ether oxygens (including phenoxy) is 2. The number of carbonyl (C=O) groups excluding carboxylic acids is 2. The van der Waals surface area contributed by atoms with Gasteiger partial charge in [0.15, 0.2) is 5.60 Å². The molecule has 0 radical (unpaired) electrons. The lowest BCUT2D eigenvalue weighted by atomic mass is 9.80. The zero-order chi connectivity index (χ0) is 20.8. The topological polar surface area (TPSA) is 72.8 Å². The van der Waals surface area contributed by atoms with Gasteiger partial charge in [-0.3, -0.25) is 4.48 Å². The number of nitrogens with zero attached hydrogens (tertiary/aromatic N) is 1. The SMILES string of the molecule is C=C(C)C(=O)OC[N+](C)(C)CCOC(=O)C(O)(c1ccccc1)C1CCCC1. The average Bonchev–Trinajstić information content (AvgIpc) is 3.21. The summed E-state index contributed by atoms with van der Waals surface area (Å²) in [6.07, 6.45) is 3.62. The second kappa shape index (κ2) is 9.34. The molecule has 6 heteroatoms. The largest absolute Gasteiger partial charge is 0.457 e. The van der Waals surface area contributed by atoms with Gasteiger partial charge in [0, 0.05) is 11.5 Å². The normalized spacial score (nSPS) is 17.0. The molecule has 1 aromatic carbocycles. The molecule has 154 valence electrons. The van der Waals surface area contributed by atoms with Gasteiger partial charge in [0.05, 0.1) is 14.1 Å². The molecule has 1 fully saturated rings. The Bertz CT molecular complexity index is 694. The van der Waals surface area contributed by atoms with Gasteiger partial charge in [0.25, 0.3) is 0 Å². The molecule has 1 saturated carbocycles. The smallest absolute Gasteiger partial charge is 0.343 e. The van der Waals surface area contributed by atoms with E-state index in [4.69, 9.17) is 9.47 Å². The quantitative estimate of drug-likeness (QED) is 0.304. The van der Waals surface area contributed by atoms with Gasteiger partial charge in [-0.15, -0.1) is 0 Å². The van der Waals surface area contributed by atoms with Crippen LogP contribution in [0.3, 0.4) is 0 Å². The maximum absolute atomic E-state index is 12.9. The molecule has 1 aromatic rings. The Morgan fingerprint density at radius 2 is 1.79 bits per heavy atom. The third-order valence-electron chi connectivity index (χ3n) is 5.29. The van der Waals surface area contributed by atoms with Crippen LogP contribution in [0.1, 0.15) is 38.2 Å². The van der Waals surface area contributed by atoms with Crippen molar-refractivity contribution in [2.24, 2.45) is 5.92 Å². The Balaban J connectivity index is 1.98. The molecule has 0 aromatic heterocycles. The molecule has 1 aliphatic carbocycles. The minimum Gasteiger partial charge on any atom is -0.457 e. The highest BCUT2D eigenvalue weighted by Gasteiger charge is 2.47. The molecular formula is C22H32NO5+. The number of rotatable bonds is 9. The third kappa shape index (κ3) is 5.42. The minimum atomic E-state index is -1.62. The highest BCUT2D eigenvalue weighted by molar-refractivity contribution is 5.86. The number of carbonyl (C=O) groups is 2. The maximum atomic E-state index is 12.9. The van der Waals surface area contributed by atoms with E-state index in [-0.39, 0.29) is 19.3 Å². The molecule has 0 aliphatic heterocycles. The Labute approximate surface area is 167 Å². The number of hydrogen-bond donors (Lipinski definition) is 1. The second-order valence-electron chi connectivity index (χ2n) is 8.25. The van der Waals surface area contributed by atoms with E-state index in [0.717, 1.165) is 25.7 Å². The van der Waals surface area contributed by atoms with Crippen molar-refractivity contribution in [1.82, 2.24) is 0 Å². The maximum Gasteiger partial charge on any atom is 0.343 e. The van der Waals surface area contributed by atoms with Gasteiger partial charge in [0.1, 0.15) is 13.2 Å². The summed E-state index contributed by atoms with van der Waals surface area (Å²) in [5.41, 5.74) is -0.701. The van der Waals surface area contributed by atoms with Gasteiger partial charge in [0.2, 0.25) is 6.73 Å². The summed E-state index contributed by atoms with van der Waals surface area (Å²) in [6, 6.07) is 9.04. The molecule has 2 rings (SSSR count). The molecule has 1 unspecified atom stereocenters. The lowest BCUT2D eigenvalue weighted by Gasteiger charge is -2.33. The summed E-state index contributed by atoms with van der Waals surface area (Å²) >= 11 is 0. The first-order chi connectivity index (χ1) is 13.2. The van der Waals surface area contributed by atoms with Crippen LogP contribution in [0.2, 0.25) is 0 Å². The number of esters is 2. The Kier molecular flexibility index (Phi) is 7.38. The van der Waals surface area contributed by atoms with Crippen LogP contribution in [0.15, 0.2) is 42.5 Å². The molecule has 6 nitrogen and oxygen atoms in total. The van der Waals surface area contributed by atoms with Crippen molar-refractivity contribution in [3.8, 4) is 0 Å². The van der Waals surface area contributed by atoms with Crippen LogP contribution in [-0.2, 0) is 24.7 Å². The summed E-state index contributed by atoms with van der Waals surface area (Å²) in [4.78, 5) is 24.5. The first-order valence-electron chi connectivity index (χ1n) is 9.76. The molecule has 1 aliphatic rings. The number of benzene rings is 1. The van der Waals surface area contributed by atoms with Crippen molar-refractivity contribution < 1.29 is 28.7 Å². The summed E-state index contributed by atoms with van der Waals surface area (Å²) in [5.74, 6) is -1.19. The first kappa shape index (κ1) is 22.1. The number of quaternary nitrogens is 1. The van der Waals surface area contributed by atoms with Crippen molar-refractivity contribution in [2.75, 3.05) is 34.0 Å². The summed E-state index contributed by atoms with van der Waals surface area (Å²) in [5, 5.41) is 11.4. The lowest BCUT2D eigenvalue weighted by molar-refractivity contribution is -0.907. The molecule has 0 heterocycles. The number of likely N-dealkylation sites (N-methyl/N-ethyl adjacent to an activating group) is 1. The fourth-order valence-electron chi connectivity index (χ4n) is 3.47. The zero-order valence-electron chi connectivity index (χ0n) is 17.1. The van der Waals surface area contributed by atoms with E-state index in [1.165, 1.54) is 0 Å². The Hall–Kier alpha value is -2.18. The van der Waals surface area contributed by atoms with E-state index in [9.17, 15) is 14.7 Å². The van der Waals surface area contributed by atoms with Crippen LogP contribution < -0.4 is 0 Å². The third-order valence-corrected chi connectivity index (χ3v) is 5.29. The zero-order valence-corrected chi connectivity index (χ0v) is 17.1. The van der Waals surface area contributed by atoms with Crippen molar-refractivity contribution >= 4 is 11.9 Å². The summed E-state index contributed by atoms with van der Waals surface area (Å²) in [6.45, 7) is 5.87. The van der Waals surface area contributed by atoms with Gasteiger partial charge < -0.3 is 14.6 Å². The molecule has 28 heavy (non-hydrogen) atoms. The van der Waals surface area contributed by atoms with Gasteiger partial charge in [-0.25, -0.2) is 9.59 Å². The van der Waals surface area contributed by atoms with E-state index in [0.29, 0.717) is 22.2 Å². The minimum absolute atomic E-state index is 0.123. The predicted octanol–water partition coefficient (Wildman–Crippen LogP) is 2.76. The first-order valence-corrected chi connectivity index (χ1v) is 9.76. The van der Waals surface area contributed by atoms with Crippen LogP contribution in [0.4, 0.5) is 0 Å². The summed E-state index contributed by atoms with van der Waals surface area (Å²) in [7, 11) is 3.75. The van der Waals surface area contributed by atoms with Crippen molar-refractivity contribution in [1.29, 1.82) is 0 Å². The molecule has 1 atom stereocenters. The average molecular weight is 391 g/mol. The number of aliphatic hydroxyl groups is 1. The van der Waals surface area contributed by atoms with Crippen molar-refractivity contribution in [3.63, 3.8) is 0 Å². The highest BCUT2D eigenvalue weighted by Crippen LogP contribution is 2.41. The van der Waals surface area contributed by atoms with Crippen molar-refractivity contribution in [3.05, 3.63) is 48.0 Å². The molecule has 0 saturated heterocycles. The molecule has 0 bridgehead atoms. The van der Waals surface area contributed by atoms with Gasteiger partial charge in [-0.05, 0) is 25.3 Å². The molecule has 0 spiro atoms. The Morgan fingerprint density at radius 1 is 1.18 bits per heavy atom. The highest BCUT2D eigenvalue weighted by atomic mass is 16.6. The predicted molar refractivity (Wildman–Crippen MR) is 106 cm³/mol. The Morgan fingerprint density at radius 3 is 2.36 bits per heavy atom. The lowest BCUT2D eigenvalue weighted by Crippen LogP contribution is -2.47. The van der Waals surface area contributed by atoms with E-state index >= 15 is 0 Å². The summed E-state index contributed by atoms with van der Waals surface area (Å²) < 4.78 is 11.0. The van der Waals surface area contributed by atoms with Gasteiger partial charge in [-0.1, -0.05) is 49.8 Å². The van der Waals surface area contributed by atoms with Crippen molar-refractivity contribution in [2.45, 2.75) is 38.2 Å².